The molecule has 0 aliphatic rings. The van der Waals surface area contributed by atoms with E-state index >= 15 is 0 Å². The molecule has 0 rings (SSSR count). The van der Waals surface area contributed by atoms with Crippen molar-refractivity contribution >= 4 is 11.7 Å². The molecule has 0 heterocycles. The summed E-state index contributed by atoms with van der Waals surface area (Å²) in [4.78, 5) is 21.9. The molecule has 0 aliphatic carbocycles. The number of Topliss-reactive ketones (excluding diaryl/α,β-unsaturated/α-hetero) is 1. The number of carbonyl (C=O) groups excluding carboxylic acids is 2. The van der Waals surface area contributed by atoms with Crippen molar-refractivity contribution in [2.24, 2.45) is 11.7 Å². The van der Waals surface area contributed by atoms with Crippen LogP contribution < -0.4 is 11.1 Å². The van der Waals surface area contributed by atoms with Crippen molar-refractivity contribution < 1.29 is 14.3 Å². The molecule has 0 spiro atoms. The van der Waals surface area contributed by atoms with Crippen LogP contribution in [0.25, 0.3) is 0 Å². The summed E-state index contributed by atoms with van der Waals surface area (Å²) in [5, 5.41) is 2.57. The molecular formula is C10H20N2O3. The molecule has 0 unspecified atom stereocenters. The topological polar surface area (TPSA) is 81.4 Å². The number of hydrogen-bond acceptors (Lipinski definition) is 4. The Balaban J connectivity index is 3.25. The van der Waals surface area contributed by atoms with Crippen LogP contribution in [0.4, 0.5) is 0 Å². The standard InChI is InChI=1S/C10H20N2O3/c1-8(2)9(13)3-5-15-6-4-12-10(14)7-11/h8H,3-7,11H2,1-2H3,(H,12,14). The molecule has 0 saturated carbocycles. The smallest absolute Gasteiger partial charge is 0.233 e. The predicted molar refractivity (Wildman–Crippen MR) is 57.3 cm³/mol. The third-order valence-electron chi connectivity index (χ3n) is 1.89. The van der Waals surface area contributed by atoms with Crippen LogP contribution in [0, 0.1) is 5.92 Å². The maximum atomic E-state index is 11.2. The lowest BCUT2D eigenvalue weighted by molar-refractivity contribution is -0.123. The van der Waals surface area contributed by atoms with Crippen molar-refractivity contribution in [1.82, 2.24) is 5.32 Å². The average Bonchev–Trinajstić information content (AvgIpc) is 2.22. The second-order valence-corrected chi connectivity index (χ2v) is 3.54. The minimum absolute atomic E-state index is 0.00810. The fourth-order valence-corrected chi connectivity index (χ4v) is 0.898. The van der Waals surface area contributed by atoms with Gasteiger partial charge in [-0.1, -0.05) is 13.8 Å². The van der Waals surface area contributed by atoms with Gasteiger partial charge in [0.2, 0.25) is 5.91 Å². The van der Waals surface area contributed by atoms with Gasteiger partial charge < -0.3 is 15.8 Å². The van der Waals surface area contributed by atoms with Crippen molar-refractivity contribution in [1.29, 1.82) is 0 Å². The zero-order valence-electron chi connectivity index (χ0n) is 9.41. The number of carbonyl (C=O) groups is 2. The minimum Gasteiger partial charge on any atom is -0.379 e. The molecule has 0 atom stereocenters. The molecule has 5 heteroatoms. The molecule has 3 N–H and O–H groups in total. The third-order valence-corrected chi connectivity index (χ3v) is 1.89. The van der Waals surface area contributed by atoms with Crippen molar-refractivity contribution in [2.45, 2.75) is 20.3 Å². The number of nitrogens with two attached hydrogens (primary N) is 1. The highest BCUT2D eigenvalue weighted by molar-refractivity contribution is 5.80. The lowest BCUT2D eigenvalue weighted by Gasteiger charge is -2.06. The van der Waals surface area contributed by atoms with Crippen LogP contribution in [0.5, 0.6) is 0 Å². The van der Waals surface area contributed by atoms with Crippen molar-refractivity contribution in [3.8, 4) is 0 Å². The summed E-state index contributed by atoms with van der Waals surface area (Å²) in [5.74, 6) is 0.0587. The third kappa shape index (κ3) is 8.08. The van der Waals surface area contributed by atoms with Crippen LogP contribution >= 0.6 is 0 Å². The molecular weight excluding hydrogens is 196 g/mol. The Bertz CT molecular complexity index is 205. The van der Waals surface area contributed by atoms with E-state index < -0.39 is 0 Å². The molecule has 0 aromatic heterocycles. The summed E-state index contributed by atoms with van der Waals surface area (Å²) in [6.07, 6.45) is 0.433. The highest BCUT2D eigenvalue weighted by Gasteiger charge is 2.06. The molecule has 0 aliphatic heterocycles. The number of nitrogens with one attached hydrogen (secondary N) is 1. The van der Waals surface area contributed by atoms with E-state index in [1.165, 1.54) is 0 Å². The van der Waals surface area contributed by atoms with Gasteiger partial charge in [0.1, 0.15) is 5.78 Å². The Hall–Kier alpha value is -0.940. The van der Waals surface area contributed by atoms with E-state index in [0.717, 1.165) is 0 Å². The molecule has 0 aromatic rings. The minimum atomic E-state index is -0.197. The average molecular weight is 216 g/mol. The first kappa shape index (κ1) is 14.1. The van der Waals surface area contributed by atoms with Gasteiger partial charge in [-0.05, 0) is 0 Å². The van der Waals surface area contributed by atoms with Gasteiger partial charge in [-0.3, -0.25) is 9.59 Å². The highest BCUT2D eigenvalue weighted by atomic mass is 16.5. The van der Waals surface area contributed by atoms with Crippen molar-refractivity contribution in [3.63, 3.8) is 0 Å². The van der Waals surface area contributed by atoms with Gasteiger partial charge in [0, 0.05) is 18.9 Å². The lowest BCUT2D eigenvalue weighted by Crippen LogP contribution is -2.32. The van der Waals surface area contributed by atoms with E-state index in [2.05, 4.69) is 5.32 Å². The van der Waals surface area contributed by atoms with E-state index in [0.29, 0.717) is 26.2 Å². The van der Waals surface area contributed by atoms with E-state index in [4.69, 9.17) is 10.5 Å². The summed E-state index contributed by atoms with van der Waals surface area (Å²) in [6, 6.07) is 0. The molecule has 0 saturated heterocycles. The molecule has 0 aromatic carbocycles. The molecule has 0 bridgehead atoms. The summed E-state index contributed by atoms with van der Waals surface area (Å²) in [7, 11) is 0. The molecule has 15 heavy (non-hydrogen) atoms. The van der Waals surface area contributed by atoms with Gasteiger partial charge in [-0.15, -0.1) is 0 Å². The molecule has 1 amide bonds. The Morgan fingerprint density at radius 1 is 1.33 bits per heavy atom. The van der Waals surface area contributed by atoms with Crippen LogP contribution in [0.15, 0.2) is 0 Å². The van der Waals surface area contributed by atoms with Crippen LogP contribution in [-0.2, 0) is 14.3 Å². The number of ether oxygens (including phenoxy) is 1. The molecule has 0 fully saturated rings. The van der Waals surface area contributed by atoms with Gasteiger partial charge in [-0.25, -0.2) is 0 Å². The molecule has 5 nitrogen and oxygen atoms in total. The van der Waals surface area contributed by atoms with Gasteiger partial charge >= 0.3 is 0 Å². The van der Waals surface area contributed by atoms with Gasteiger partial charge in [0.25, 0.3) is 0 Å². The maximum Gasteiger partial charge on any atom is 0.233 e. The second kappa shape index (κ2) is 8.38. The maximum absolute atomic E-state index is 11.2. The van der Waals surface area contributed by atoms with E-state index in [1.807, 2.05) is 13.8 Å². The Kier molecular flexibility index (Phi) is 7.85. The van der Waals surface area contributed by atoms with Crippen LogP contribution in [0.1, 0.15) is 20.3 Å². The Morgan fingerprint density at radius 3 is 2.53 bits per heavy atom. The van der Waals surface area contributed by atoms with Crippen LogP contribution in [-0.4, -0.2) is 38.0 Å². The normalized spacial score (nSPS) is 10.4. The largest absolute Gasteiger partial charge is 0.379 e. The quantitative estimate of drug-likeness (QED) is 0.545. The SMILES string of the molecule is CC(C)C(=O)CCOCCNC(=O)CN. The van der Waals surface area contributed by atoms with E-state index in [9.17, 15) is 9.59 Å². The van der Waals surface area contributed by atoms with E-state index in [-0.39, 0.29) is 24.2 Å². The predicted octanol–water partition coefficient (Wildman–Crippen LogP) is -0.307. The van der Waals surface area contributed by atoms with Crippen molar-refractivity contribution in [2.75, 3.05) is 26.3 Å². The van der Waals surface area contributed by atoms with E-state index in [1.54, 1.807) is 0 Å². The first-order valence-corrected chi connectivity index (χ1v) is 5.15. The summed E-state index contributed by atoms with van der Waals surface area (Å²) >= 11 is 0. The zero-order chi connectivity index (χ0) is 11.7. The first-order chi connectivity index (χ1) is 7.07. The zero-order valence-corrected chi connectivity index (χ0v) is 9.41. The van der Waals surface area contributed by atoms with Gasteiger partial charge in [-0.2, -0.15) is 0 Å². The first-order valence-electron chi connectivity index (χ1n) is 5.15. The summed E-state index contributed by atoms with van der Waals surface area (Å²) in [5.41, 5.74) is 5.09. The second-order valence-electron chi connectivity index (χ2n) is 3.54. The van der Waals surface area contributed by atoms with Crippen molar-refractivity contribution in [3.05, 3.63) is 0 Å². The fraction of sp³-hybridized carbons (Fsp3) is 0.800. The number of hydrogen-bond donors (Lipinski definition) is 2. The van der Waals surface area contributed by atoms with Crippen LogP contribution in [0.3, 0.4) is 0 Å². The van der Waals surface area contributed by atoms with Crippen LogP contribution in [0.2, 0.25) is 0 Å². The Labute approximate surface area is 90.4 Å². The summed E-state index contributed by atoms with van der Waals surface area (Å²) in [6.45, 7) is 4.98. The summed E-state index contributed by atoms with van der Waals surface area (Å²) < 4.78 is 5.17. The number of ketones is 1. The molecule has 0 radical (unpaired) electrons. The fourth-order valence-electron chi connectivity index (χ4n) is 0.898. The number of rotatable bonds is 8. The molecule has 88 valence electrons. The van der Waals surface area contributed by atoms with Gasteiger partial charge in [0.05, 0.1) is 19.8 Å². The monoisotopic (exact) mass is 216 g/mol. The number of amides is 1. The Morgan fingerprint density at radius 2 is 2.00 bits per heavy atom. The highest BCUT2D eigenvalue weighted by Crippen LogP contribution is 1.98. The lowest BCUT2D eigenvalue weighted by atomic mass is 10.1. The van der Waals surface area contributed by atoms with Gasteiger partial charge in [0.15, 0.2) is 0 Å².